The topological polar surface area (TPSA) is 54.9 Å². The van der Waals surface area contributed by atoms with Gasteiger partial charge in [0, 0.05) is 0 Å². The van der Waals surface area contributed by atoms with Gasteiger partial charge < -0.3 is 5.32 Å². The first-order valence-electron chi connectivity index (χ1n) is 3.99. The highest BCUT2D eigenvalue weighted by Crippen LogP contribution is 2.19. The van der Waals surface area contributed by atoms with E-state index >= 15 is 0 Å². The number of carbonyl (C=O) groups is 1. The molecule has 1 heterocycles. The van der Waals surface area contributed by atoms with Gasteiger partial charge in [-0.05, 0) is 37.0 Å². The van der Waals surface area contributed by atoms with Crippen LogP contribution in [0.15, 0.2) is 6.20 Å². The number of rotatable bonds is 3. The van der Waals surface area contributed by atoms with Crippen molar-refractivity contribution in [2.45, 2.75) is 19.4 Å². The summed E-state index contributed by atoms with van der Waals surface area (Å²) in [5.74, 6) is -0.862. The van der Waals surface area contributed by atoms with E-state index in [1.165, 1.54) is 13.8 Å². The molecule has 0 amide bonds. The Labute approximate surface area is 95.8 Å². The molecular weight excluding hydrogens is 244 g/mol. The Morgan fingerprint density at radius 2 is 2.20 bits per heavy atom. The Kier molecular flexibility index (Phi) is 3.46. The minimum absolute atomic E-state index is 0.114. The minimum atomic E-state index is -1.12. The van der Waals surface area contributed by atoms with Crippen molar-refractivity contribution in [2.75, 3.05) is 5.32 Å². The molecule has 0 aliphatic carbocycles. The molecule has 4 nitrogen and oxygen atoms in total. The second-order valence-corrected chi connectivity index (χ2v) is 4.04. The van der Waals surface area contributed by atoms with Crippen molar-refractivity contribution in [3.05, 3.63) is 17.3 Å². The van der Waals surface area contributed by atoms with Gasteiger partial charge in [-0.25, -0.2) is 9.37 Å². The van der Waals surface area contributed by atoms with Crippen molar-refractivity contribution in [1.29, 1.82) is 0 Å². The second kappa shape index (κ2) is 4.28. The van der Waals surface area contributed by atoms with Crippen molar-refractivity contribution in [2.24, 2.45) is 0 Å². The molecule has 1 aromatic rings. The maximum Gasteiger partial charge on any atom is 0.246 e. The minimum Gasteiger partial charge on any atom is -0.354 e. The molecule has 0 unspecified atom stereocenters. The monoisotopic (exact) mass is 251 g/mol. The molecule has 1 N–H and O–H groups in total. The summed E-state index contributed by atoms with van der Waals surface area (Å²) in [4.78, 5) is 18.0. The van der Waals surface area contributed by atoms with Gasteiger partial charge in [0.2, 0.25) is 10.5 Å². The van der Waals surface area contributed by atoms with Crippen LogP contribution in [-0.2, 0) is 4.79 Å². The normalized spacial score (nSPS) is 11.3. The van der Waals surface area contributed by atoms with Gasteiger partial charge >= 0.3 is 0 Å². The molecule has 0 spiro atoms. The number of hydrogen-bond acceptors (Lipinski definition) is 4. The van der Waals surface area contributed by atoms with Crippen molar-refractivity contribution < 1.29 is 9.18 Å². The van der Waals surface area contributed by atoms with Crippen LogP contribution in [0.2, 0.25) is 5.28 Å². The third-order valence-electron chi connectivity index (χ3n) is 1.64. The van der Waals surface area contributed by atoms with E-state index in [-0.39, 0.29) is 11.1 Å². The van der Waals surface area contributed by atoms with Crippen molar-refractivity contribution >= 4 is 34.3 Å². The van der Waals surface area contributed by atoms with Crippen LogP contribution in [-0.4, -0.2) is 20.7 Å². The van der Waals surface area contributed by atoms with Crippen molar-refractivity contribution in [3.8, 4) is 0 Å². The van der Waals surface area contributed by atoms with Gasteiger partial charge in [0.05, 0.1) is 6.20 Å². The summed E-state index contributed by atoms with van der Waals surface area (Å²) >= 11 is 10.8. The van der Waals surface area contributed by atoms with E-state index in [9.17, 15) is 9.18 Å². The standard InChI is InChI=1S/C8H8Cl2FN3O/c1-8(2,6(9)15)14-5-4(11)3-12-7(10)13-5/h3H,1-2H3,(H,12,13,14). The lowest BCUT2D eigenvalue weighted by atomic mass is 10.1. The molecule has 82 valence electrons. The van der Waals surface area contributed by atoms with E-state index in [0.29, 0.717) is 0 Å². The number of hydrogen-bond donors (Lipinski definition) is 1. The molecule has 15 heavy (non-hydrogen) atoms. The number of halogens is 3. The third-order valence-corrected chi connectivity index (χ3v) is 2.29. The number of anilines is 1. The van der Waals surface area contributed by atoms with E-state index < -0.39 is 16.6 Å². The SMILES string of the molecule is CC(C)(Nc1nc(Cl)ncc1F)C(=O)Cl. The van der Waals surface area contributed by atoms with E-state index in [2.05, 4.69) is 15.3 Å². The summed E-state index contributed by atoms with van der Waals surface area (Å²) in [5.41, 5.74) is -1.12. The fourth-order valence-electron chi connectivity index (χ4n) is 0.778. The van der Waals surface area contributed by atoms with Gasteiger partial charge in [-0.1, -0.05) is 0 Å². The number of nitrogens with zero attached hydrogens (tertiary/aromatic N) is 2. The highest BCUT2D eigenvalue weighted by atomic mass is 35.5. The van der Waals surface area contributed by atoms with Crippen molar-refractivity contribution in [3.63, 3.8) is 0 Å². The van der Waals surface area contributed by atoms with Crippen LogP contribution in [0.3, 0.4) is 0 Å². The maximum atomic E-state index is 13.2. The molecule has 1 aromatic heterocycles. The summed E-state index contributed by atoms with van der Waals surface area (Å²) in [5, 5.41) is 1.76. The fraction of sp³-hybridized carbons (Fsp3) is 0.375. The van der Waals surface area contributed by atoms with E-state index in [1.54, 1.807) is 0 Å². The predicted molar refractivity (Wildman–Crippen MR) is 55.6 cm³/mol. The lowest BCUT2D eigenvalue weighted by molar-refractivity contribution is -0.114. The number of aromatic nitrogens is 2. The average Bonchev–Trinajstić information content (AvgIpc) is 2.10. The molecule has 0 aliphatic heterocycles. The Hall–Kier alpha value is -0.940. The zero-order valence-corrected chi connectivity index (χ0v) is 9.53. The van der Waals surface area contributed by atoms with Crippen LogP contribution in [0.4, 0.5) is 10.2 Å². The van der Waals surface area contributed by atoms with Crippen LogP contribution >= 0.6 is 23.2 Å². The molecule has 0 aromatic carbocycles. The Morgan fingerprint density at radius 1 is 1.60 bits per heavy atom. The predicted octanol–water partition coefficient (Wildman–Crippen LogP) is 2.22. The van der Waals surface area contributed by atoms with Gasteiger partial charge in [-0.15, -0.1) is 0 Å². The lowest BCUT2D eigenvalue weighted by Crippen LogP contribution is -2.38. The largest absolute Gasteiger partial charge is 0.354 e. The molecule has 0 radical (unpaired) electrons. The van der Waals surface area contributed by atoms with E-state index in [1.807, 2.05) is 0 Å². The summed E-state index contributed by atoms with van der Waals surface area (Å²) in [6.45, 7) is 3.00. The van der Waals surface area contributed by atoms with Gasteiger partial charge in [-0.3, -0.25) is 4.79 Å². The van der Waals surface area contributed by atoms with Crippen LogP contribution in [0.25, 0.3) is 0 Å². The van der Waals surface area contributed by atoms with Gasteiger partial charge in [0.25, 0.3) is 0 Å². The quantitative estimate of drug-likeness (QED) is 0.662. The first-order valence-corrected chi connectivity index (χ1v) is 4.74. The average molecular weight is 252 g/mol. The molecule has 0 aliphatic rings. The first kappa shape index (κ1) is 12.1. The van der Waals surface area contributed by atoms with Crippen LogP contribution in [0.5, 0.6) is 0 Å². The van der Waals surface area contributed by atoms with E-state index in [4.69, 9.17) is 23.2 Å². The van der Waals surface area contributed by atoms with Crippen molar-refractivity contribution in [1.82, 2.24) is 9.97 Å². The summed E-state index contributed by atoms with van der Waals surface area (Å²) in [6.07, 6.45) is 0.909. The zero-order chi connectivity index (χ0) is 11.6. The summed E-state index contributed by atoms with van der Waals surface area (Å²) in [6, 6.07) is 0. The summed E-state index contributed by atoms with van der Waals surface area (Å²) < 4.78 is 13.2. The summed E-state index contributed by atoms with van der Waals surface area (Å²) in [7, 11) is 0. The van der Waals surface area contributed by atoms with Crippen LogP contribution in [0, 0.1) is 5.82 Å². The smallest absolute Gasteiger partial charge is 0.246 e. The van der Waals surface area contributed by atoms with Gasteiger partial charge in [0.15, 0.2) is 11.6 Å². The molecule has 0 fully saturated rings. The van der Waals surface area contributed by atoms with E-state index in [0.717, 1.165) is 6.20 Å². The van der Waals surface area contributed by atoms with Crippen LogP contribution in [0.1, 0.15) is 13.8 Å². The molecule has 1 rings (SSSR count). The molecule has 7 heteroatoms. The Balaban J connectivity index is 2.99. The molecule has 0 saturated heterocycles. The zero-order valence-electron chi connectivity index (χ0n) is 8.01. The Bertz CT molecular complexity index is 397. The number of carbonyl (C=O) groups excluding carboxylic acids is 1. The lowest BCUT2D eigenvalue weighted by Gasteiger charge is -2.22. The first-order chi connectivity index (χ1) is 6.83. The molecule has 0 saturated carbocycles. The molecule has 0 atom stereocenters. The molecular formula is C8H8Cl2FN3O. The fourth-order valence-corrected chi connectivity index (χ4v) is 0.959. The maximum absolute atomic E-state index is 13.2. The second-order valence-electron chi connectivity index (χ2n) is 3.36. The van der Waals surface area contributed by atoms with Crippen LogP contribution < -0.4 is 5.32 Å². The molecule has 0 bridgehead atoms. The highest BCUT2D eigenvalue weighted by Gasteiger charge is 2.27. The van der Waals surface area contributed by atoms with Gasteiger partial charge in [0.1, 0.15) is 5.54 Å². The highest BCUT2D eigenvalue weighted by molar-refractivity contribution is 6.65. The third kappa shape index (κ3) is 3.00. The Morgan fingerprint density at radius 3 is 2.73 bits per heavy atom. The number of nitrogens with one attached hydrogen (secondary N) is 1. The van der Waals surface area contributed by atoms with Gasteiger partial charge in [-0.2, -0.15) is 4.98 Å².